The number of amides is 3. The third-order valence-electron chi connectivity index (χ3n) is 4.57. The Kier molecular flexibility index (Phi) is 5.87. The molecule has 0 saturated carbocycles. The fraction of sp³-hybridized carbons (Fsp3) is 0.182. The van der Waals surface area contributed by atoms with Crippen LogP contribution >= 0.6 is 23.1 Å². The van der Waals surface area contributed by atoms with Crippen molar-refractivity contribution in [3.8, 4) is 0 Å². The summed E-state index contributed by atoms with van der Waals surface area (Å²) in [7, 11) is 0. The van der Waals surface area contributed by atoms with Crippen molar-refractivity contribution in [2.75, 3.05) is 16.8 Å². The lowest BCUT2D eigenvalue weighted by Gasteiger charge is -2.32. The molecular formula is C22H21N3O2S2. The van der Waals surface area contributed by atoms with E-state index in [1.165, 1.54) is 0 Å². The molecule has 0 bridgehead atoms. The van der Waals surface area contributed by atoms with Gasteiger partial charge < -0.3 is 10.6 Å². The summed E-state index contributed by atoms with van der Waals surface area (Å²) in [4.78, 5) is 29.1. The van der Waals surface area contributed by atoms with E-state index in [2.05, 4.69) is 17.6 Å². The van der Waals surface area contributed by atoms with E-state index >= 15 is 0 Å². The van der Waals surface area contributed by atoms with Crippen molar-refractivity contribution in [2.45, 2.75) is 23.6 Å². The maximum Gasteiger partial charge on any atom is 0.326 e. The van der Waals surface area contributed by atoms with Crippen LogP contribution in [-0.4, -0.2) is 23.7 Å². The lowest BCUT2D eigenvalue weighted by atomic mass is 10.2. The smallest absolute Gasteiger partial charge is 0.326 e. The second kappa shape index (κ2) is 8.71. The lowest BCUT2D eigenvalue weighted by molar-refractivity contribution is 0.0951. The van der Waals surface area contributed by atoms with Crippen LogP contribution in [0.3, 0.4) is 0 Å². The normalized spacial score (nSPS) is 15.5. The number of thioether (sulfide) groups is 1. The maximum atomic E-state index is 12.9. The van der Waals surface area contributed by atoms with Gasteiger partial charge in [0.05, 0.1) is 12.2 Å². The molecule has 4 rings (SSSR count). The molecule has 1 aromatic heterocycles. The lowest BCUT2D eigenvalue weighted by Crippen LogP contribution is -2.41. The Morgan fingerprint density at radius 2 is 1.86 bits per heavy atom. The summed E-state index contributed by atoms with van der Waals surface area (Å²) in [6, 6.07) is 18.7. The molecule has 3 amide bonds. The van der Waals surface area contributed by atoms with Crippen LogP contribution in [0.25, 0.3) is 0 Å². The van der Waals surface area contributed by atoms with Gasteiger partial charge in [-0.3, -0.25) is 9.69 Å². The third kappa shape index (κ3) is 4.63. The SMILES string of the molecule is CC1CN(C(=O)Nc2ccc(C(=O)NCc3cccs3)cc2)c2ccccc2S1. The molecule has 1 aliphatic heterocycles. The Bertz CT molecular complexity index is 1000. The van der Waals surface area contributed by atoms with Gasteiger partial charge in [-0.05, 0) is 47.8 Å². The van der Waals surface area contributed by atoms with Gasteiger partial charge in [0, 0.05) is 32.8 Å². The van der Waals surface area contributed by atoms with Crippen LogP contribution in [0.5, 0.6) is 0 Å². The van der Waals surface area contributed by atoms with Crippen LogP contribution in [0.2, 0.25) is 0 Å². The molecule has 1 unspecified atom stereocenters. The van der Waals surface area contributed by atoms with Crippen LogP contribution in [0.1, 0.15) is 22.2 Å². The van der Waals surface area contributed by atoms with E-state index in [1.807, 2.05) is 41.8 Å². The molecule has 1 atom stereocenters. The molecular weight excluding hydrogens is 402 g/mol. The first-order chi connectivity index (χ1) is 14.1. The van der Waals surface area contributed by atoms with Gasteiger partial charge in [-0.25, -0.2) is 4.79 Å². The van der Waals surface area contributed by atoms with E-state index < -0.39 is 0 Å². The van der Waals surface area contributed by atoms with Crippen LogP contribution < -0.4 is 15.5 Å². The molecule has 2 aromatic carbocycles. The number of hydrogen-bond donors (Lipinski definition) is 2. The third-order valence-corrected chi connectivity index (χ3v) is 6.60. The zero-order valence-electron chi connectivity index (χ0n) is 15.9. The van der Waals surface area contributed by atoms with E-state index in [0.717, 1.165) is 15.5 Å². The fourth-order valence-corrected chi connectivity index (χ4v) is 4.92. The molecule has 3 aromatic rings. The van der Waals surface area contributed by atoms with E-state index in [9.17, 15) is 9.59 Å². The van der Waals surface area contributed by atoms with E-state index in [-0.39, 0.29) is 11.9 Å². The van der Waals surface area contributed by atoms with Crippen molar-refractivity contribution < 1.29 is 9.59 Å². The van der Waals surface area contributed by atoms with Crippen molar-refractivity contribution in [1.82, 2.24) is 5.32 Å². The first-order valence-electron chi connectivity index (χ1n) is 9.35. The number of fused-ring (bicyclic) bond motifs is 1. The standard InChI is InChI=1S/C22H21N3O2S2/c1-15-14-25(19-6-2-3-7-20(19)29-15)22(27)24-17-10-8-16(9-11-17)21(26)23-13-18-5-4-12-28-18/h2-12,15H,13-14H2,1H3,(H,23,26)(H,24,27). The van der Waals surface area contributed by atoms with Crippen LogP contribution in [0.15, 0.2) is 70.9 Å². The number of thiophene rings is 1. The second-order valence-corrected chi connectivity index (χ2v) is 9.29. The van der Waals surface area contributed by atoms with E-state index in [4.69, 9.17) is 0 Å². The Morgan fingerprint density at radius 1 is 1.07 bits per heavy atom. The first-order valence-corrected chi connectivity index (χ1v) is 11.1. The van der Waals surface area contributed by atoms with Crippen molar-refractivity contribution in [3.05, 3.63) is 76.5 Å². The number of carbonyl (C=O) groups is 2. The molecule has 5 nitrogen and oxygen atoms in total. The molecule has 2 heterocycles. The van der Waals surface area contributed by atoms with Gasteiger partial charge in [-0.15, -0.1) is 23.1 Å². The van der Waals surface area contributed by atoms with Crippen LogP contribution in [0.4, 0.5) is 16.2 Å². The zero-order chi connectivity index (χ0) is 20.2. The minimum atomic E-state index is -0.167. The molecule has 1 aliphatic rings. The molecule has 0 radical (unpaired) electrons. The van der Waals surface area contributed by atoms with Gasteiger partial charge in [-0.1, -0.05) is 25.1 Å². The summed E-state index contributed by atoms with van der Waals surface area (Å²) in [5.74, 6) is -0.132. The zero-order valence-corrected chi connectivity index (χ0v) is 17.6. The van der Waals surface area contributed by atoms with Gasteiger partial charge in [0.2, 0.25) is 0 Å². The Labute approximate surface area is 178 Å². The Morgan fingerprint density at radius 3 is 2.62 bits per heavy atom. The molecule has 0 saturated heterocycles. The number of nitrogens with zero attached hydrogens (tertiary/aromatic N) is 1. The average molecular weight is 424 g/mol. The highest BCUT2D eigenvalue weighted by Gasteiger charge is 2.26. The number of hydrogen-bond acceptors (Lipinski definition) is 4. The van der Waals surface area contributed by atoms with Crippen molar-refractivity contribution in [1.29, 1.82) is 0 Å². The molecule has 7 heteroatoms. The minimum Gasteiger partial charge on any atom is -0.347 e. The van der Waals surface area contributed by atoms with E-state index in [1.54, 1.807) is 52.3 Å². The number of anilines is 2. The number of nitrogens with one attached hydrogen (secondary N) is 2. The van der Waals surface area contributed by atoms with Crippen LogP contribution in [-0.2, 0) is 6.54 Å². The second-order valence-electron chi connectivity index (χ2n) is 6.78. The fourth-order valence-electron chi connectivity index (χ4n) is 3.16. The molecule has 2 N–H and O–H groups in total. The summed E-state index contributed by atoms with van der Waals surface area (Å²) in [5, 5.41) is 8.15. The number of para-hydroxylation sites is 1. The highest BCUT2D eigenvalue weighted by Crippen LogP contribution is 2.38. The summed E-state index contributed by atoms with van der Waals surface area (Å²) >= 11 is 3.39. The van der Waals surface area contributed by atoms with Gasteiger partial charge >= 0.3 is 6.03 Å². The van der Waals surface area contributed by atoms with Gasteiger partial charge in [0.15, 0.2) is 0 Å². The average Bonchev–Trinajstić information content (AvgIpc) is 3.25. The van der Waals surface area contributed by atoms with Gasteiger partial charge in [0.25, 0.3) is 5.91 Å². The quantitative estimate of drug-likeness (QED) is 0.605. The molecule has 0 aliphatic carbocycles. The molecule has 148 valence electrons. The number of rotatable bonds is 4. The highest BCUT2D eigenvalue weighted by atomic mass is 32.2. The predicted octanol–water partition coefficient (Wildman–Crippen LogP) is 5.21. The van der Waals surface area contributed by atoms with Crippen molar-refractivity contribution in [3.63, 3.8) is 0 Å². The summed E-state index contributed by atoms with van der Waals surface area (Å²) < 4.78 is 0. The first kappa shape index (κ1) is 19.5. The van der Waals surface area contributed by atoms with Gasteiger partial charge in [0.1, 0.15) is 0 Å². The number of carbonyl (C=O) groups excluding carboxylic acids is 2. The van der Waals surface area contributed by atoms with Crippen LogP contribution in [0, 0.1) is 0 Å². The van der Waals surface area contributed by atoms with Crippen molar-refractivity contribution in [2.24, 2.45) is 0 Å². The topological polar surface area (TPSA) is 61.4 Å². The molecule has 29 heavy (non-hydrogen) atoms. The summed E-state index contributed by atoms with van der Waals surface area (Å²) in [6.07, 6.45) is 0. The minimum absolute atomic E-state index is 0.132. The number of benzene rings is 2. The molecule has 0 fully saturated rings. The largest absolute Gasteiger partial charge is 0.347 e. The molecule has 0 spiro atoms. The monoisotopic (exact) mass is 423 g/mol. The number of urea groups is 1. The summed E-state index contributed by atoms with van der Waals surface area (Å²) in [5.41, 5.74) is 2.15. The Balaban J connectivity index is 1.40. The maximum absolute atomic E-state index is 12.9. The predicted molar refractivity (Wildman–Crippen MR) is 120 cm³/mol. The highest BCUT2D eigenvalue weighted by molar-refractivity contribution is 8.00. The van der Waals surface area contributed by atoms with Gasteiger partial charge in [-0.2, -0.15) is 0 Å². The van der Waals surface area contributed by atoms with E-state index in [0.29, 0.717) is 29.6 Å². The summed E-state index contributed by atoms with van der Waals surface area (Å²) in [6.45, 7) is 3.28. The Hall–Kier alpha value is -2.77. The van der Waals surface area contributed by atoms with Crippen molar-refractivity contribution >= 4 is 46.4 Å².